The predicted octanol–water partition coefficient (Wildman–Crippen LogP) is 7.03. The molecule has 0 atom stereocenters. The lowest BCUT2D eigenvalue weighted by atomic mass is 9.79. The molecular weight excluding hydrogens is 532 g/mol. The van der Waals surface area contributed by atoms with E-state index >= 15 is 4.39 Å². The monoisotopic (exact) mass is 532 g/mol. The maximum absolute atomic E-state index is 16.2. The van der Waals surface area contributed by atoms with E-state index in [0.717, 1.165) is 0 Å². The summed E-state index contributed by atoms with van der Waals surface area (Å²) in [5.74, 6) is -49.6. The van der Waals surface area contributed by atoms with Crippen molar-refractivity contribution in [3.63, 3.8) is 0 Å². The van der Waals surface area contributed by atoms with Crippen LogP contribution in [0.4, 0.5) is 70.2 Å². The van der Waals surface area contributed by atoms with Crippen LogP contribution >= 0.6 is 0 Å². The molecule has 0 saturated heterocycles. The third kappa shape index (κ3) is 3.32. The topological polar surface area (TPSA) is 0 Å². The number of halogens is 16. The van der Waals surface area contributed by atoms with Gasteiger partial charge in [-0.15, -0.1) is 0 Å². The van der Waals surface area contributed by atoms with E-state index in [1.54, 1.807) is 0 Å². The Bertz CT molecular complexity index is 1150. The summed E-state index contributed by atoms with van der Waals surface area (Å²) in [6, 6.07) is 0. The largest absolute Gasteiger partial charge is 0.227 e. The Morgan fingerprint density at radius 2 is 0.343 bits per heavy atom. The van der Waals surface area contributed by atoms with Gasteiger partial charge < -0.3 is 0 Å². The van der Waals surface area contributed by atoms with Crippen LogP contribution in [0.15, 0.2) is 0 Å². The van der Waals surface area contributed by atoms with Crippen molar-refractivity contribution >= 4 is 0 Å². The molecule has 0 aliphatic rings. The smallest absolute Gasteiger partial charge is 0.203 e. The van der Waals surface area contributed by atoms with Crippen molar-refractivity contribution in [2.45, 2.75) is 5.67 Å². The summed E-state index contributed by atoms with van der Waals surface area (Å²) in [5.41, 5.74) is -16.0. The van der Waals surface area contributed by atoms with Gasteiger partial charge in [0.25, 0.3) is 0 Å². The van der Waals surface area contributed by atoms with Gasteiger partial charge in [0.05, 0.1) is 16.7 Å². The summed E-state index contributed by atoms with van der Waals surface area (Å²) in [7, 11) is 0. The van der Waals surface area contributed by atoms with E-state index < -0.39 is 110 Å². The lowest BCUT2D eigenvalue weighted by Gasteiger charge is -2.30. The Labute approximate surface area is 181 Å². The van der Waals surface area contributed by atoms with Crippen LogP contribution in [0.3, 0.4) is 0 Å². The molecule has 0 saturated carbocycles. The van der Waals surface area contributed by atoms with Gasteiger partial charge in [-0.2, -0.15) is 0 Å². The standard InChI is InChI=1S/C19F16/c20-4-1(5(21)11(27)16(32)10(4)26)19(35,2-6(22)12(28)17(33)13(29)7(2)23)3-8(24)14(30)18(34)15(31)9(3)25. The molecule has 0 bridgehead atoms. The molecule has 0 fully saturated rings. The summed E-state index contributed by atoms with van der Waals surface area (Å²) in [6.45, 7) is 0. The highest BCUT2D eigenvalue weighted by atomic mass is 19.2. The first kappa shape index (κ1) is 26.2. The molecular formula is C19F16. The molecule has 0 unspecified atom stereocenters. The molecule has 0 heterocycles. The quantitative estimate of drug-likeness (QED) is 0.147. The molecule has 0 radical (unpaired) electrons. The fourth-order valence-corrected chi connectivity index (χ4v) is 3.10. The third-order valence-electron chi connectivity index (χ3n) is 4.66. The van der Waals surface area contributed by atoms with E-state index in [0.29, 0.717) is 0 Å². The maximum Gasteiger partial charge on any atom is 0.203 e. The van der Waals surface area contributed by atoms with Crippen molar-refractivity contribution < 1.29 is 70.2 Å². The Balaban J connectivity index is 2.78. The molecule has 0 aliphatic heterocycles. The van der Waals surface area contributed by atoms with E-state index in [1.807, 2.05) is 0 Å². The fourth-order valence-electron chi connectivity index (χ4n) is 3.10. The van der Waals surface area contributed by atoms with Crippen LogP contribution in [0.2, 0.25) is 0 Å². The van der Waals surface area contributed by atoms with Gasteiger partial charge in [-0.05, 0) is 0 Å². The van der Waals surface area contributed by atoms with Gasteiger partial charge >= 0.3 is 0 Å². The lowest BCUT2D eigenvalue weighted by molar-refractivity contribution is 0.205. The number of hydrogen-bond donors (Lipinski definition) is 0. The SMILES string of the molecule is Fc1c(F)c(F)c(C(F)(c2c(F)c(F)c(F)c(F)c2F)c2c(F)c(F)c(F)c(F)c2F)c(F)c1F. The van der Waals surface area contributed by atoms with Crippen molar-refractivity contribution in [3.8, 4) is 0 Å². The van der Waals surface area contributed by atoms with Crippen molar-refractivity contribution in [1.29, 1.82) is 0 Å². The molecule has 35 heavy (non-hydrogen) atoms. The molecule has 3 aromatic carbocycles. The summed E-state index contributed by atoms with van der Waals surface area (Å²) in [6.07, 6.45) is 0. The minimum Gasteiger partial charge on any atom is -0.227 e. The molecule has 0 nitrogen and oxygen atoms in total. The first-order valence-corrected chi connectivity index (χ1v) is 8.27. The molecule has 0 amide bonds. The highest BCUT2D eigenvalue weighted by Crippen LogP contribution is 2.49. The van der Waals surface area contributed by atoms with E-state index in [4.69, 9.17) is 0 Å². The second kappa shape index (κ2) is 8.34. The predicted molar refractivity (Wildman–Crippen MR) is 79.7 cm³/mol. The Kier molecular flexibility index (Phi) is 6.23. The molecule has 188 valence electrons. The lowest BCUT2D eigenvalue weighted by Crippen LogP contribution is -2.35. The fraction of sp³-hybridized carbons (Fsp3) is 0.0526. The third-order valence-corrected chi connectivity index (χ3v) is 4.66. The second-order valence-electron chi connectivity index (χ2n) is 6.49. The van der Waals surface area contributed by atoms with Gasteiger partial charge in [0, 0.05) is 0 Å². The first-order valence-electron chi connectivity index (χ1n) is 8.27. The van der Waals surface area contributed by atoms with Crippen LogP contribution in [0.5, 0.6) is 0 Å². The Morgan fingerprint density at radius 1 is 0.229 bits per heavy atom. The van der Waals surface area contributed by atoms with Gasteiger partial charge in [0.1, 0.15) is 0 Å². The van der Waals surface area contributed by atoms with Crippen molar-refractivity contribution in [3.05, 3.63) is 104 Å². The van der Waals surface area contributed by atoms with Gasteiger partial charge in [0.2, 0.25) is 23.1 Å². The molecule has 0 N–H and O–H groups in total. The molecule has 3 aromatic rings. The molecule has 3 rings (SSSR count). The number of alkyl halides is 1. The average molecular weight is 532 g/mol. The minimum atomic E-state index is -5.95. The van der Waals surface area contributed by atoms with E-state index in [-0.39, 0.29) is 0 Å². The molecule has 0 aromatic heterocycles. The van der Waals surface area contributed by atoms with Crippen molar-refractivity contribution in [2.75, 3.05) is 0 Å². The van der Waals surface area contributed by atoms with Crippen molar-refractivity contribution in [1.82, 2.24) is 0 Å². The molecule has 0 aliphatic carbocycles. The zero-order valence-corrected chi connectivity index (χ0v) is 15.5. The average Bonchev–Trinajstić information content (AvgIpc) is 2.81. The van der Waals surface area contributed by atoms with Gasteiger partial charge in [-0.1, -0.05) is 0 Å². The Morgan fingerprint density at radius 3 is 0.486 bits per heavy atom. The molecule has 16 heteroatoms. The highest BCUT2D eigenvalue weighted by Gasteiger charge is 2.54. The van der Waals surface area contributed by atoms with E-state index in [1.165, 1.54) is 0 Å². The highest BCUT2D eigenvalue weighted by molar-refractivity contribution is 5.51. The number of rotatable bonds is 3. The van der Waals surface area contributed by atoms with E-state index in [9.17, 15) is 65.9 Å². The van der Waals surface area contributed by atoms with Gasteiger partial charge in [-0.3, -0.25) is 0 Å². The Hall–Kier alpha value is -3.46. The van der Waals surface area contributed by atoms with Crippen LogP contribution in [0, 0.1) is 87.3 Å². The minimum absolute atomic E-state index is 3.11. The van der Waals surface area contributed by atoms with Gasteiger partial charge in [-0.25, -0.2) is 70.2 Å². The number of hydrogen-bond acceptors (Lipinski definition) is 0. The second-order valence-corrected chi connectivity index (χ2v) is 6.49. The van der Waals surface area contributed by atoms with Crippen LogP contribution < -0.4 is 0 Å². The zero-order chi connectivity index (χ0) is 26.9. The van der Waals surface area contributed by atoms with Crippen LogP contribution in [-0.2, 0) is 5.67 Å². The first-order chi connectivity index (χ1) is 16.0. The van der Waals surface area contributed by atoms with Crippen LogP contribution in [0.25, 0.3) is 0 Å². The number of benzene rings is 3. The zero-order valence-electron chi connectivity index (χ0n) is 15.5. The summed E-state index contributed by atoms with van der Waals surface area (Å²) in [5, 5.41) is 0. The summed E-state index contributed by atoms with van der Waals surface area (Å²) < 4.78 is 225. The maximum atomic E-state index is 16.2. The molecule has 0 spiro atoms. The normalized spacial score (nSPS) is 12.0. The van der Waals surface area contributed by atoms with Crippen molar-refractivity contribution in [2.24, 2.45) is 0 Å². The summed E-state index contributed by atoms with van der Waals surface area (Å²) >= 11 is 0. The van der Waals surface area contributed by atoms with Crippen LogP contribution in [-0.4, -0.2) is 0 Å². The van der Waals surface area contributed by atoms with E-state index in [2.05, 4.69) is 0 Å². The van der Waals surface area contributed by atoms with Gasteiger partial charge in [0.15, 0.2) is 69.8 Å². The van der Waals surface area contributed by atoms with Crippen LogP contribution in [0.1, 0.15) is 16.7 Å². The summed E-state index contributed by atoms with van der Waals surface area (Å²) in [4.78, 5) is 0.